The average Bonchev–Trinajstić information content (AvgIpc) is 2.33. The molecule has 16 heavy (non-hydrogen) atoms. The molecule has 0 atom stereocenters. The standard InChI is InChI=1S/C14H20N2/c1-12-2-4-13(5-3-12)10-16-11-14-6-8-15-9-7-14/h2-5,10,14-15H,6-9,11H2,1H3/b16-10+. The summed E-state index contributed by atoms with van der Waals surface area (Å²) in [5.74, 6) is 0.781. The second kappa shape index (κ2) is 5.80. The summed E-state index contributed by atoms with van der Waals surface area (Å²) >= 11 is 0. The van der Waals surface area contributed by atoms with Gasteiger partial charge in [0.25, 0.3) is 0 Å². The third-order valence-corrected chi connectivity index (χ3v) is 3.14. The normalized spacial score (nSPS) is 18.1. The summed E-state index contributed by atoms with van der Waals surface area (Å²) in [6.07, 6.45) is 4.54. The lowest BCUT2D eigenvalue weighted by Gasteiger charge is -2.20. The van der Waals surface area contributed by atoms with Crippen molar-refractivity contribution in [2.75, 3.05) is 19.6 Å². The first-order valence-corrected chi connectivity index (χ1v) is 6.12. The molecule has 1 aromatic rings. The molecule has 2 nitrogen and oxygen atoms in total. The lowest BCUT2D eigenvalue weighted by Crippen LogP contribution is -2.28. The largest absolute Gasteiger partial charge is 0.317 e. The van der Waals surface area contributed by atoms with Gasteiger partial charge in [-0.25, -0.2) is 0 Å². The predicted molar refractivity (Wildman–Crippen MR) is 69.2 cm³/mol. The van der Waals surface area contributed by atoms with E-state index in [-0.39, 0.29) is 0 Å². The molecule has 1 heterocycles. The van der Waals surface area contributed by atoms with Crippen LogP contribution in [0.5, 0.6) is 0 Å². The smallest absolute Gasteiger partial charge is 0.0418 e. The zero-order chi connectivity index (χ0) is 11.2. The second-order valence-electron chi connectivity index (χ2n) is 4.60. The third-order valence-electron chi connectivity index (χ3n) is 3.14. The summed E-state index contributed by atoms with van der Waals surface area (Å²) in [5.41, 5.74) is 2.51. The van der Waals surface area contributed by atoms with Crippen LogP contribution in [0.15, 0.2) is 29.3 Å². The van der Waals surface area contributed by atoms with Crippen LogP contribution in [0.1, 0.15) is 24.0 Å². The molecule has 0 radical (unpaired) electrons. The number of aliphatic imine (C=N–C) groups is 1. The van der Waals surface area contributed by atoms with Crippen molar-refractivity contribution in [3.05, 3.63) is 35.4 Å². The van der Waals surface area contributed by atoms with E-state index in [1.54, 1.807) is 0 Å². The summed E-state index contributed by atoms with van der Waals surface area (Å²) in [6, 6.07) is 8.51. The SMILES string of the molecule is Cc1ccc(/C=N/CC2CCNCC2)cc1. The van der Waals surface area contributed by atoms with E-state index in [9.17, 15) is 0 Å². The molecule has 1 aromatic carbocycles. The monoisotopic (exact) mass is 216 g/mol. The molecule has 0 aromatic heterocycles. The van der Waals surface area contributed by atoms with Gasteiger partial charge in [0.1, 0.15) is 0 Å². The molecule has 1 N–H and O–H groups in total. The van der Waals surface area contributed by atoms with Gasteiger partial charge in [0.2, 0.25) is 0 Å². The Morgan fingerprint density at radius 3 is 2.62 bits per heavy atom. The van der Waals surface area contributed by atoms with Gasteiger partial charge >= 0.3 is 0 Å². The minimum Gasteiger partial charge on any atom is -0.317 e. The van der Waals surface area contributed by atoms with Gasteiger partial charge in [-0.1, -0.05) is 29.8 Å². The van der Waals surface area contributed by atoms with Crippen molar-refractivity contribution < 1.29 is 0 Å². The molecule has 1 aliphatic rings. The Balaban J connectivity index is 1.82. The molecule has 1 aliphatic heterocycles. The number of rotatable bonds is 3. The molecule has 0 amide bonds. The molecule has 0 spiro atoms. The van der Waals surface area contributed by atoms with Crippen molar-refractivity contribution >= 4 is 6.21 Å². The van der Waals surface area contributed by atoms with E-state index >= 15 is 0 Å². The molecule has 2 heteroatoms. The van der Waals surface area contributed by atoms with E-state index in [1.165, 1.54) is 24.0 Å². The van der Waals surface area contributed by atoms with Gasteiger partial charge in [0.05, 0.1) is 0 Å². The molecule has 1 saturated heterocycles. The van der Waals surface area contributed by atoms with Crippen molar-refractivity contribution in [3.63, 3.8) is 0 Å². The third kappa shape index (κ3) is 3.46. The molecule has 0 unspecified atom stereocenters. The Morgan fingerprint density at radius 2 is 1.94 bits per heavy atom. The average molecular weight is 216 g/mol. The quantitative estimate of drug-likeness (QED) is 0.771. The summed E-state index contributed by atoms with van der Waals surface area (Å²) in [7, 11) is 0. The van der Waals surface area contributed by atoms with Crippen LogP contribution in [0.3, 0.4) is 0 Å². The highest BCUT2D eigenvalue weighted by Gasteiger charge is 2.11. The first-order valence-electron chi connectivity index (χ1n) is 6.12. The van der Waals surface area contributed by atoms with Gasteiger partial charge in [-0.05, 0) is 44.3 Å². The topological polar surface area (TPSA) is 24.4 Å². The van der Waals surface area contributed by atoms with Gasteiger partial charge in [0, 0.05) is 12.8 Å². The van der Waals surface area contributed by atoms with Gasteiger partial charge in [0.15, 0.2) is 0 Å². The maximum absolute atomic E-state index is 4.54. The summed E-state index contributed by atoms with van der Waals surface area (Å²) in [4.78, 5) is 4.54. The van der Waals surface area contributed by atoms with Crippen molar-refractivity contribution in [3.8, 4) is 0 Å². The number of nitrogens with one attached hydrogen (secondary N) is 1. The van der Waals surface area contributed by atoms with E-state index in [0.29, 0.717) is 0 Å². The van der Waals surface area contributed by atoms with Crippen LogP contribution in [-0.2, 0) is 0 Å². The predicted octanol–water partition coefficient (Wildman–Crippen LogP) is 2.41. The highest BCUT2D eigenvalue weighted by atomic mass is 14.9. The van der Waals surface area contributed by atoms with E-state index in [2.05, 4.69) is 41.5 Å². The fraction of sp³-hybridized carbons (Fsp3) is 0.500. The number of aryl methyl sites for hydroxylation is 1. The Labute approximate surface area is 97.8 Å². The first-order chi connectivity index (χ1) is 7.84. The second-order valence-corrected chi connectivity index (χ2v) is 4.60. The number of benzene rings is 1. The number of hydrogen-bond donors (Lipinski definition) is 1. The Bertz CT molecular complexity index is 334. The summed E-state index contributed by atoms with van der Waals surface area (Å²) in [5, 5.41) is 3.38. The van der Waals surface area contributed by atoms with Gasteiger partial charge in [-0.15, -0.1) is 0 Å². The number of nitrogens with zero attached hydrogens (tertiary/aromatic N) is 1. The van der Waals surface area contributed by atoms with Crippen LogP contribution in [0.2, 0.25) is 0 Å². The fourth-order valence-corrected chi connectivity index (χ4v) is 2.02. The van der Waals surface area contributed by atoms with E-state index in [4.69, 9.17) is 0 Å². The van der Waals surface area contributed by atoms with Crippen molar-refractivity contribution in [2.24, 2.45) is 10.9 Å². The van der Waals surface area contributed by atoms with Gasteiger partial charge in [-0.3, -0.25) is 4.99 Å². The Hall–Kier alpha value is -1.15. The molecule has 2 rings (SSSR count). The summed E-state index contributed by atoms with van der Waals surface area (Å²) in [6.45, 7) is 5.40. The summed E-state index contributed by atoms with van der Waals surface area (Å²) < 4.78 is 0. The molecular weight excluding hydrogens is 196 g/mol. The van der Waals surface area contributed by atoms with Crippen LogP contribution >= 0.6 is 0 Å². The maximum atomic E-state index is 4.54. The van der Waals surface area contributed by atoms with Crippen LogP contribution in [0.4, 0.5) is 0 Å². The minimum absolute atomic E-state index is 0.781. The minimum atomic E-state index is 0.781. The zero-order valence-electron chi connectivity index (χ0n) is 9.95. The van der Waals surface area contributed by atoms with E-state index < -0.39 is 0 Å². The van der Waals surface area contributed by atoms with Gasteiger partial charge in [-0.2, -0.15) is 0 Å². The Morgan fingerprint density at radius 1 is 1.25 bits per heavy atom. The zero-order valence-corrected chi connectivity index (χ0v) is 9.95. The van der Waals surface area contributed by atoms with Gasteiger partial charge < -0.3 is 5.32 Å². The first kappa shape index (κ1) is 11.3. The highest BCUT2D eigenvalue weighted by Crippen LogP contribution is 2.11. The molecule has 86 valence electrons. The van der Waals surface area contributed by atoms with Crippen LogP contribution in [0.25, 0.3) is 0 Å². The van der Waals surface area contributed by atoms with E-state index in [0.717, 1.165) is 25.6 Å². The highest BCUT2D eigenvalue weighted by molar-refractivity contribution is 5.79. The van der Waals surface area contributed by atoms with Crippen LogP contribution in [-0.4, -0.2) is 25.8 Å². The van der Waals surface area contributed by atoms with Crippen molar-refractivity contribution in [2.45, 2.75) is 19.8 Å². The fourth-order valence-electron chi connectivity index (χ4n) is 2.02. The van der Waals surface area contributed by atoms with Crippen LogP contribution in [0, 0.1) is 12.8 Å². The molecule has 0 saturated carbocycles. The Kier molecular flexibility index (Phi) is 4.11. The van der Waals surface area contributed by atoms with E-state index in [1.807, 2.05) is 6.21 Å². The molecule has 0 bridgehead atoms. The van der Waals surface area contributed by atoms with Crippen molar-refractivity contribution in [1.29, 1.82) is 0 Å². The lowest BCUT2D eigenvalue weighted by atomic mass is 9.98. The van der Waals surface area contributed by atoms with Crippen molar-refractivity contribution in [1.82, 2.24) is 5.32 Å². The molecule has 1 fully saturated rings. The lowest BCUT2D eigenvalue weighted by molar-refractivity contribution is 0.383. The maximum Gasteiger partial charge on any atom is 0.0418 e. The number of piperidine rings is 1. The molecule has 0 aliphatic carbocycles. The van der Waals surface area contributed by atoms with Crippen LogP contribution < -0.4 is 5.32 Å². The number of hydrogen-bond acceptors (Lipinski definition) is 2. The molecular formula is C14H20N2.